The molecule has 0 aliphatic carbocycles. The number of carbonyl (C=O) groups excluding carboxylic acids is 3. The van der Waals surface area contributed by atoms with Crippen LogP contribution in [0.15, 0.2) is 12.7 Å². The number of hydrogen-bond acceptors (Lipinski definition) is 11. The van der Waals surface area contributed by atoms with Gasteiger partial charge in [0.25, 0.3) is 0 Å². The Hall–Kier alpha value is -3.28. The number of esters is 3. The third kappa shape index (κ3) is 4.90. The molecule has 0 saturated carbocycles. The highest BCUT2D eigenvalue weighted by molar-refractivity contribution is 5.83. The lowest BCUT2D eigenvalue weighted by molar-refractivity contribution is -0.239. The van der Waals surface area contributed by atoms with Crippen LogP contribution in [0.5, 0.6) is 0 Å². The van der Waals surface area contributed by atoms with Gasteiger partial charge in [-0.15, -0.1) is 0 Å². The average Bonchev–Trinajstić information content (AvgIpc) is 3.20. The minimum absolute atomic E-state index is 0.0797. The van der Waals surface area contributed by atoms with Crippen LogP contribution in [-0.4, -0.2) is 75.4 Å². The van der Waals surface area contributed by atoms with Crippen molar-refractivity contribution in [3.63, 3.8) is 0 Å². The zero-order valence-corrected chi connectivity index (χ0v) is 18.8. The lowest BCUT2D eigenvalue weighted by atomic mass is 10.0. The van der Waals surface area contributed by atoms with Crippen molar-refractivity contribution in [2.24, 2.45) is 0 Å². The SMILES string of the molecule is CC(=O)O[C@@H]1[C@H](OC(C)=O)[C@@H](OC(C)=O)CO[C@H]1n1cnc2c(N3CCCCC3)ncnc21. The highest BCUT2D eigenvalue weighted by atomic mass is 16.6. The summed E-state index contributed by atoms with van der Waals surface area (Å²) in [6.07, 6.45) is 2.29. The molecule has 0 unspecified atom stereocenters. The van der Waals surface area contributed by atoms with Crippen LogP contribution in [0, 0.1) is 0 Å². The minimum Gasteiger partial charge on any atom is -0.456 e. The van der Waals surface area contributed by atoms with Crippen LogP contribution in [0.25, 0.3) is 11.2 Å². The number of aromatic nitrogens is 4. The smallest absolute Gasteiger partial charge is 0.303 e. The predicted molar refractivity (Wildman–Crippen MR) is 113 cm³/mol. The van der Waals surface area contributed by atoms with E-state index in [-0.39, 0.29) is 6.61 Å². The standard InChI is InChI=1S/C21H27N5O7/c1-12(27)31-15-9-30-21(18(33-14(3)29)17(15)32-13(2)28)26-11-24-16-19(22-10-23-20(16)26)25-7-5-4-6-8-25/h10-11,15,17-18,21H,4-9H2,1-3H3/t15-,17+,18+,21+/m0/s1. The summed E-state index contributed by atoms with van der Waals surface area (Å²) in [7, 11) is 0. The molecule has 2 aliphatic heterocycles. The summed E-state index contributed by atoms with van der Waals surface area (Å²) in [5, 5.41) is 0. The minimum atomic E-state index is -1.10. The lowest BCUT2D eigenvalue weighted by Gasteiger charge is -2.40. The van der Waals surface area contributed by atoms with Crippen molar-refractivity contribution in [2.75, 3.05) is 24.6 Å². The molecule has 2 aromatic heterocycles. The van der Waals surface area contributed by atoms with Gasteiger partial charge in [0.2, 0.25) is 0 Å². The third-order valence-electron chi connectivity index (χ3n) is 5.59. The molecule has 0 bridgehead atoms. The largest absolute Gasteiger partial charge is 0.456 e. The number of fused-ring (bicyclic) bond motifs is 1. The Morgan fingerprint density at radius 2 is 1.58 bits per heavy atom. The molecule has 4 heterocycles. The molecular formula is C21H27N5O7. The fourth-order valence-electron chi connectivity index (χ4n) is 4.32. The van der Waals surface area contributed by atoms with E-state index in [0.29, 0.717) is 11.2 Å². The first-order chi connectivity index (χ1) is 15.8. The molecule has 0 radical (unpaired) electrons. The Kier molecular flexibility index (Phi) is 6.72. The highest BCUT2D eigenvalue weighted by Gasteiger charge is 2.48. The second-order valence-corrected chi connectivity index (χ2v) is 8.09. The van der Waals surface area contributed by atoms with E-state index in [2.05, 4.69) is 19.9 Å². The molecule has 12 heteroatoms. The van der Waals surface area contributed by atoms with Gasteiger partial charge in [0.05, 0.1) is 12.9 Å². The van der Waals surface area contributed by atoms with Crippen molar-refractivity contribution in [1.82, 2.24) is 19.5 Å². The van der Waals surface area contributed by atoms with Crippen molar-refractivity contribution >= 4 is 34.9 Å². The van der Waals surface area contributed by atoms with E-state index >= 15 is 0 Å². The van der Waals surface area contributed by atoms with Crippen molar-refractivity contribution in [3.8, 4) is 0 Å². The molecule has 0 amide bonds. The second kappa shape index (κ2) is 9.69. The van der Waals surface area contributed by atoms with Crippen molar-refractivity contribution in [3.05, 3.63) is 12.7 Å². The molecule has 0 aromatic carbocycles. The van der Waals surface area contributed by atoms with Crippen LogP contribution in [-0.2, 0) is 33.3 Å². The normalized spacial score (nSPS) is 25.5. The maximum absolute atomic E-state index is 11.9. The first-order valence-corrected chi connectivity index (χ1v) is 10.9. The molecule has 4 rings (SSSR count). The Labute approximate surface area is 190 Å². The van der Waals surface area contributed by atoms with Crippen LogP contribution < -0.4 is 4.90 Å². The molecule has 2 fully saturated rings. The van der Waals surface area contributed by atoms with Crippen LogP contribution >= 0.6 is 0 Å². The van der Waals surface area contributed by atoms with Crippen molar-refractivity contribution < 1.29 is 33.3 Å². The first kappa shape index (κ1) is 22.9. The van der Waals surface area contributed by atoms with Crippen LogP contribution in [0.1, 0.15) is 46.3 Å². The number of hydrogen-bond donors (Lipinski definition) is 0. The van der Waals surface area contributed by atoms with Crippen LogP contribution in [0.2, 0.25) is 0 Å². The van der Waals surface area contributed by atoms with Crippen LogP contribution in [0.4, 0.5) is 5.82 Å². The molecule has 0 spiro atoms. The van der Waals surface area contributed by atoms with E-state index in [0.717, 1.165) is 31.7 Å². The Balaban J connectivity index is 1.72. The number of carbonyl (C=O) groups is 3. The Morgan fingerprint density at radius 1 is 0.909 bits per heavy atom. The predicted octanol–water partition coefficient (Wildman–Crippen LogP) is 1.14. The van der Waals surface area contributed by atoms with Gasteiger partial charge in [-0.2, -0.15) is 0 Å². The fourth-order valence-corrected chi connectivity index (χ4v) is 4.32. The summed E-state index contributed by atoms with van der Waals surface area (Å²) in [6, 6.07) is 0. The van der Waals surface area contributed by atoms with Gasteiger partial charge < -0.3 is 23.8 Å². The van der Waals surface area contributed by atoms with Gasteiger partial charge >= 0.3 is 17.9 Å². The molecule has 178 valence electrons. The summed E-state index contributed by atoms with van der Waals surface area (Å²) in [5.41, 5.74) is 1.08. The van der Waals surface area contributed by atoms with E-state index in [1.165, 1.54) is 39.8 Å². The molecule has 12 nitrogen and oxygen atoms in total. The molecule has 2 saturated heterocycles. The van der Waals surface area contributed by atoms with Gasteiger partial charge in [0, 0.05) is 33.9 Å². The van der Waals surface area contributed by atoms with Gasteiger partial charge in [0.15, 0.2) is 41.5 Å². The molecule has 33 heavy (non-hydrogen) atoms. The molecular weight excluding hydrogens is 434 g/mol. The number of anilines is 1. The molecule has 4 atom stereocenters. The van der Waals surface area contributed by atoms with E-state index in [1.54, 1.807) is 4.57 Å². The zero-order valence-electron chi connectivity index (χ0n) is 18.8. The van der Waals surface area contributed by atoms with Gasteiger partial charge in [-0.25, -0.2) is 15.0 Å². The summed E-state index contributed by atoms with van der Waals surface area (Å²) in [6.45, 7) is 5.38. The monoisotopic (exact) mass is 461 g/mol. The van der Waals surface area contributed by atoms with E-state index in [1.807, 2.05) is 0 Å². The van der Waals surface area contributed by atoms with E-state index in [9.17, 15) is 14.4 Å². The summed E-state index contributed by atoms with van der Waals surface area (Å²) in [5.74, 6) is -1.07. The molecule has 2 aromatic rings. The van der Waals surface area contributed by atoms with Gasteiger partial charge in [-0.1, -0.05) is 0 Å². The van der Waals surface area contributed by atoms with Gasteiger partial charge in [0.1, 0.15) is 6.33 Å². The van der Waals surface area contributed by atoms with Gasteiger partial charge in [-0.05, 0) is 19.3 Å². The van der Waals surface area contributed by atoms with Gasteiger partial charge in [-0.3, -0.25) is 19.0 Å². The zero-order chi connectivity index (χ0) is 23.5. The molecule has 2 aliphatic rings. The van der Waals surface area contributed by atoms with Crippen LogP contribution in [0.3, 0.4) is 0 Å². The Bertz CT molecular complexity index is 1040. The average molecular weight is 461 g/mol. The van der Waals surface area contributed by atoms with E-state index < -0.39 is 42.4 Å². The second-order valence-electron chi connectivity index (χ2n) is 8.09. The summed E-state index contributed by atoms with van der Waals surface area (Å²) in [4.78, 5) is 50.8. The number of ether oxygens (including phenoxy) is 4. The Morgan fingerprint density at radius 3 is 2.24 bits per heavy atom. The fraction of sp³-hybridized carbons (Fsp3) is 0.619. The quantitative estimate of drug-likeness (QED) is 0.468. The van der Waals surface area contributed by atoms with Crippen molar-refractivity contribution in [1.29, 1.82) is 0 Å². The lowest BCUT2D eigenvalue weighted by Crippen LogP contribution is -2.55. The molecule has 0 N–H and O–H groups in total. The van der Waals surface area contributed by atoms with Crippen molar-refractivity contribution in [2.45, 2.75) is 64.6 Å². The maximum atomic E-state index is 11.9. The van der Waals surface area contributed by atoms with E-state index in [4.69, 9.17) is 18.9 Å². The summed E-state index contributed by atoms with van der Waals surface area (Å²) >= 11 is 0. The number of piperidine rings is 1. The highest BCUT2D eigenvalue weighted by Crippen LogP contribution is 2.34. The number of rotatable bonds is 5. The number of nitrogens with zero attached hydrogens (tertiary/aromatic N) is 5. The first-order valence-electron chi connectivity index (χ1n) is 10.9. The topological polar surface area (TPSA) is 135 Å². The summed E-state index contributed by atoms with van der Waals surface area (Å²) < 4.78 is 23.8. The number of imidazole rings is 1. The third-order valence-corrected chi connectivity index (χ3v) is 5.59. The maximum Gasteiger partial charge on any atom is 0.303 e.